The Morgan fingerprint density at radius 1 is 1.33 bits per heavy atom. The van der Waals surface area contributed by atoms with Gasteiger partial charge in [0.15, 0.2) is 0 Å². The van der Waals surface area contributed by atoms with E-state index < -0.39 is 0 Å². The van der Waals surface area contributed by atoms with Crippen molar-refractivity contribution in [1.82, 2.24) is 4.90 Å². The van der Waals surface area contributed by atoms with Crippen LogP contribution in [0.15, 0.2) is 18.2 Å². The van der Waals surface area contributed by atoms with Gasteiger partial charge in [-0.15, -0.1) is 0 Å². The highest BCUT2D eigenvalue weighted by Gasteiger charge is 2.16. The van der Waals surface area contributed by atoms with Crippen LogP contribution in [0.25, 0.3) is 0 Å². The standard InChI is InChI=1S/C15H20N2O/c1-11(2)17(8-7-16)15(18)10-14-6-5-12(3)13(4)9-14/h5-6,9,11H,8,10H2,1-4H3. The SMILES string of the molecule is Cc1ccc(CC(=O)N(CC#N)C(C)C)cc1C. The molecule has 0 saturated heterocycles. The van der Waals surface area contributed by atoms with Gasteiger partial charge >= 0.3 is 0 Å². The van der Waals surface area contributed by atoms with E-state index in [1.807, 2.05) is 45.0 Å². The Morgan fingerprint density at radius 2 is 2.00 bits per heavy atom. The molecule has 0 radical (unpaired) electrons. The first-order valence-electron chi connectivity index (χ1n) is 6.18. The van der Waals surface area contributed by atoms with E-state index in [4.69, 9.17) is 5.26 Å². The van der Waals surface area contributed by atoms with Crippen LogP contribution in [0.2, 0.25) is 0 Å². The van der Waals surface area contributed by atoms with Gasteiger partial charge in [-0.3, -0.25) is 4.79 Å². The van der Waals surface area contributed by atoms with Gasteiger partial charge in [0.1, 0.15) is 6.54 Å². The summed E-state index contributed by atoms with van der Waals surface area (Å²) in [5, 5.41) is 8.74. The van der Waals surface area contributed by atoms with Crippen molar-refractivity contribution in [2.24, 2.45) is 0 Å². The lowest BCUT2D eigenvalue weighted by Gasteiger charge is -2.24. The smallest absolute Gasteiger partial charge is 0.228 e. The first kappa shape index (κ1) is 14.2. The number of hydrogen-bond donors (Lipinski definition) is 0. The minimum atomic E-state index is 0.00908. The summed E-state index contributed by atoms with van der Waals surface area (Å²) < 4.78 is 0. The number of benzene rings is 1. The third-order valence-electron chi connectivity index (χ3n) is 3.11. The number of nitriles is 1. The first-order valence-corrected chi connectivity index (χ1v) is 6.18. The summed E-state index contributed by atoms with van der Waals surface area (Å²) in [6.07, 6.45) is 0.362. The monoisotopic (exact) mass is 244 g/mol. The lowest BCUT2D eigenvalue weighted by molar-refractivity contribution is -0.131. The van der Waals surface area contributed by atoms with Crippen molar-refractivity contribution >= 4 is 5.91 Å². The largest absolute Gasteiger partial charge is 0.327 e. The van der Waals surface area contributed by atoms with Gasteiger partial charge < -0.3 is 4.90 Å². The maximum atomic E-state index is 12.1. The topological polar surface area (TPSA) is 44.1 Å². The highest BCUT2D eigenvalue weighted by molar-refractivity contribution is 5.79. The molecule has 96 valence electrons. The average Bonchev–Trinajstić information content (AvgIpc) is 2.30. The van der Waals surface area contributed by atoms with Crippen LogP contribution in [0.3, 0.4) is 0 Å². The molecule has 1 rings (SSSR count). The maximum absolute atomic E-state index is 12.1. The molecule has 0 fully saturated rings. The lowest BCUT2D eigenvalue weighted by Crippen LogP contribution is -2.38. The van der Waals surface area contributed by atoms with Crippen LogP contribution in [0, 0.1) is 25.2 Å². The van der Waals surface area contributed by atoms with E-state index in [-0.39, 0.29) is 18.5 Å². The number of carbonyl (C=O) groups excluding carboxylic acids is 1. The van der Waals surface area contributed by atoms with E-state index in [0.717, 1.165) is 5.56 Å². The fourth-order valence-corrected chi connectivity index (χ4v) is 1.82. The molecular formula is C15H20N2O. The van der Waals surface area contributed by atoms with Crippen LogP contribution in [0.4, 0.5) is 0 Å². The highest BCUT2D eigenvalue weighted by Crippen LogP contribution is 2.12. The third kappa shape index (κ3) is 3.59. The van der Waals surface area contributed by atoms with E-state index >= 15 is 0 Å². The molecule has 0 heterocycles. The number of aryl methyl sites for hydroxylation is 2. The Labute approximate surface area is 109 Å². The minimum Gasteiger partial charge on any atom is -0.327 e. The zero-order valence-corrected chi connectivity index (χ0v) is 11.5. The number of rotatable bonds is 4. The van der Waals surface area contributed by atoms with Gasteiger partial charge in [-0.25, -0.2) is 0 Å². The molecule has 0 spiro atoms. The van der Waals surface area contributed by atoms with E-state index in [0.29, 0.717) is 6.42 Å². The van der Waals surface area contributed by atoms with Crippen LogP contribution in [-0.2, 0) is 11.2 Å². The summed E-state index contributed by atoms with van der Waals surface area (Å²) in [7, 11) is 0. The van der Waals surface area contributed by atoms with Gasteiger partial charge in [0, 0.05) is 6.04 Å². The fraction of sp³-hybridized carbons (Fsp3) is 0.467. The Hall–Kier alpha value is -1.82. The number of hydrogen-bond acceptors (Lipinski definition) is 2. The van der Waals surface area contributed by atoms with E-state index in [2.05, 4.69) is 6.92 Å². The summed E-state index contributed by atoms with van der Waals surface area (Å²) >= 11 is 0. The zero-order valence-electron chi connectivity index (χ0n) is 11.5. The van der Waals surface area contributed by atoms with Crippen LogP contribution < -0.4 is 0 Å². The summed E-state index contributed by atoms with van der Waals surface area (Å²) in [5.74, 6) is 0.00908. The van der Waals surface area contributed by atoms with Gasteiger partial charge in [0.2, 0.25) is 5.91 Å². The number of nitrogens with zero attached hydrogens (tertiary/aromatic N) is 2. The molecule has 0 aliphatic carbocycles. The second kappa shape index (κ2) is 6.20. The molecule has 0 saturated carbocycles. The predicted molar refractivity (Wildman–Crippen MR) is 72.1 cm³/mol. The quantitative estimate of drug-likeness (QED) is 0.764. The number of carbonyl (C=O) groups is 1. The summed E-state index contributed by atoms with van der Waals surface area (Å²) in [5.41, 5.74) is 3.42. The van der Waals surface area contributed by atoms with Crippen LogP contribution in [0.5, 0.6) is 0 Å². The van der Waals surface area contributed by atoms with Crippen LogP contribution in [0.1, 0.15) is 30.5 Å². The molecule has 0 bridgehead atoms. The second-order valence-corrected chi connectivity index (χ2v) is 4.87. The van der Waals surface area contributed by atoms with Gasteiger partial charge in [-0.2, -0.15) is 5.26 Å². The summed E-state index contributed by atoms with van der Waals surface area (Å²) in [4.78, 5) is 13.7. The maximum Gasteiger partial charge on any atom is 0.228 e. The third-order valence-corrected chi connectivity index (χ3v) is 3.11. The molecule has 0 unspecified atom stereocenters. The molecule has 18 heavy (non-hydrogen) atoms. The molecule has 1 amide bonds. The Bertz CT molecular complexity index is 472. The summed E-state index contributed by atoms with van der Waals surface area (Å²) in [6.45, 7) is 8.10. The highest BCUT2D eigenvalue weighted by atomic mass is 16.2. The van der Waals surface area contributed by atoms with Crippen molar-refractivity contribution in [2.45, 2.75) is 40.2 Å². The average molecular weight is 244 g/mol. The van der Waals surface area contributed by atoms with Crippen molar-refractivity contribution in [1.29, 1.82) is 5.26 Å². The lowest BCUT2D eigenvalue weighted by atomic mass is 10.0. The normalized spacial score (nSPS) is 10.2. The molecule has 0 aromatic heterocycles. The predicted octanol–water partition coefficient (Wildman–Crippen LogP) is 2.61. The zero-order chi connectivity index (χ0) is 13.7. The van der Waals surface area contributed by atoms with Crippen molar-refractivity contribution < 1.29 is 4.79 Å². The molecule has 0 atom stereocenters. The molecule has 3 nitrogen and oxygen atoms in total. The molecule has 0 aliphatic rings. The van der Waals surface area contributed by atoms with Gasteiger partial charge in [0.05, 0.1) is 12.5 Å². The van der Waals surface area contributed by atoms with E-state index in [9.17, 15) is 4.79 Å². The first-order chi connectivity index (χ1) is 8.45. The minimum absolute atomic E-state index is 0.00908. The van der Waals surface area contributed by atoms with Gasteiger partial charge in [-0.1, -0.05) is 18.2 Å². The van der Waals surface area contributed by atoms with E-state index in [1.165, 1.54) is 11.1 Å². The summed E-state index contributed by atoms with van der Waals surface area (Å²) in [6, 6.07) is 8.15. The van der Waals surface area contributed by atoms with E-state index in [1.54, 1.807) is 4.90 Å². The van der Waals surface area contributed by atoms with Crippen LogP contribution >= 0.6 is 0 Å². The van der Waals surface area contributed by atoms with Crippen molar-refractivity contribution in [3.63, 3.8) is 0 Å². The molecule has 1 aromatic rings. The fourth-order valence-electron chi connectivity index (χ4n) is 1.82. The van der Waals surface area contributed by atoms with Gasteiger partial charge in [0.25, 0.3) is 0 Å². The second-order valence-electron chi connectivity index (χ2n) is 4.87. The molecule has 0 N–H and O–H groups in total. The van der Waals surface area contributed by atoms with Crippen molar-refractivity contribution in [3.05, 3.63) is 34.9 Å². The van der Waals surface area contributed by atoms with Crippen LogP contribution in [-0.4, -0.2) is 23.4 Å². The van der Waals surface area contributed by atoms with Gasteiger partial charge in [-0.05, 0) is 44.4 Å². The Kier molecular flexibility index (Phi) is 4.91. The molecule has 1 aromatic carbocycles. The Balaban J connectivity index is 2.80. The molecular weight excluding hydrogens is 224 g/mol. The van der Waals surface area contributed by atoms with Crippen molar-refractivity contribution in [3.8, 4) is 6.07 Å². The number of amides is 1. The Morgan fingerprint density at radius 3 is 2.50 bits per heavy atom. The van der Waals surface area contributed by atoms with Crippen molar-refractivity contribution in [2.75, 3.05) is 6.54 Å². The molecule has 0 aliphatic heterocycles. The molecule has 3 heteroatoms.